The lowest BCUT2D eigenvalue weighted by molar-refractivity contribution is -0.117. The highest BCUT2D eigenvalue weighted by atomic mass is 19.1. The Kier molecular flexibility index (Phi) is 4.93. The van der Waals surface area contributed by atoms with Crippen molar-refractivity contribution < 1.29 is 18.4 Å². The van der Waals surface area contributed by atoms with E-state index in [4.69, 9.17) is 4.42 Å². The Hall–Kier alpha value is -3.41. The second-order valence-corrected chi connectivity index (χ2v) is 6.79. The molecule has 0 atom stereocenters. The minimum absolute atomic E-state index is 0.0597. The minimum Gasteiger partial charge on any atom is -0.451 e. The van der Waals surface area contributed by atoms with Crippen molar-refractivity contribution in [3.05, 3.63) is 77.8 Å². The van der Waals surface area contributed by atoms with Crippen LogP contribution in [-0.2, 0) is 11.3 Å². The molecule has 1 aromatic heterocycles. The first-order valence-electron chi connectivity index (χ1n) is 9.13. The lowest BCUT2D eigenvalue weighted by Gasteiger charge is -2.07. The fraction of sp³-hybridized carbons (Fsp3) is 0.182. The summed E-state index contributed by atoms with van der Waals surface area (Å²) in [6.45, 7) is 0.311. The summed E-state index contributed by atoms with van der Waals surface area (Å²) in [6, 6.07) is 16.6. The molecule has 1 saturated carbocycles. The molecule has 3 aromatic rings. The molecule has 0 saturated heterocycles. The van der Waals surface area contributed by atoms with Gasteiger partial charge in [0.2, 0.25) is 5.91 Å². The number of anilines is 1. The lowest BCUT2D eigenvalue weighted by atomic mass is 10.1. The lowest BCUT2D eigenvalue weighted by Crippen LogP contribution is -2.22. The van der Waals surface area contributed by atoms with Gasteiger partial charge in [-0.2, -0.15) is 0 Å². The highest BCUT2D eigenvalue weighted by molar-refractivity contribution is 5.94. The highest BCUT2D eigenvalue weighted by Gasteiger charge is 2.29. The van der Waals surface area contributed by atoms with Crippen LogP contribution >= 0.6 is 0 Å². The van der Waals surface area contributed by atoms with E-state index in [1.54, 1.807) is 24.3 Å². The van der Waals surface area contributed by atoms with Crippen LogP contribution in [0.5, 0.6) is 0 Å². The fourth-order valence-corrected chi connectivity index (χ4v) is 2.83. The predicted molar refractivity (Wildman–Crippen MR) is 103 cm³/mol. The van der Waals surface area contributed by atoms with Gasteiger partial charge in [0, 0.05) is 18.2 Å². The zero-order chi connectivity index (χ0) is 19.5. The molecule has 1 aliphatic rings. The number of halogens is 1. The zero-order valence-electron chi connectivity index (χ0n) is 15.1. The standard InChI is InChI=1S/C22H19FN2O3/c23-18-4-2-1-3-17(18)19-11-12-20(28-19)22(27)24-13-14-5-9-16(10-6-14)25-21(26)15-7-8-15/h1-6,9-12,15H,7-8,13H2,(H,24,27)(H,25,26). The molecule has 0 bridgehead atoms. The van der Waals surface area contributed by atoms with E-state index in [1.807, 2.05) is 24.3 Å². The van der Waals surface area contributed by atoms with Gasteiger partial charge in [-0.25, -0.2) is 4.39 Å². The van der Waals surface area contributed by atoms with E-state index in [1.165, 1.54) is 12.1 Å². The SMILES string of the molecule is O=C(NCc1ccc(NC(=O)C2CC2)cc1)c1ccc(-c2ccccc2F)o1. The molecule has 0 spiro atoms. The molecule has 6 heteroatoms. The summed E-state index contributed by atoms with van der Waals surface area (Å²) in [6.07, 6.45) is 1.92. The minimum atomic E-state index is -0.405. The third-order valence-corrected chi connectivity index (χ3v) is 4.59. The number of amides is 2. The topological polar surface area (TPSA) is 71.3 Å². The molecule has 28 heavy (non-hydrogen) atoms. The first-order valence-corrected chi connectivity index (χ1v) is 9.13. The van der Waals surface area contributed by atoms with Gasteiger partial charge in [-0.05, 0) is 54.8 Å². The fourth-order valence-electron chi connectivity index (χ4n) is 2.83. The normalized spacial score (nSPS) is 13.2. The van der Waals surface area contributed by atoms with Crippen molar-refractivity contribution in [3.8, 4) is 11.3 Å². The average molecular weight is 378 g/mol. The number of benzene rings is 2. The molecule has 4 rings (SSSR count). The van der Waals surface area contributed by atoms with E-state index in [2.05, 4.69) is 10.6 Å². The van der Waals surface area contributed by atoms with Gasteiger partial charge in [-0.3, -0.25) is 9.59 Å². The molecule has 5 nitrogen and oxygen atoms in total. The molecule has 2 N–H and O–H groups in total. The van der Waals surface area contributed by atoms with Gasteiger partial charge < -0.3 is 15.1 Å². The quantitative estimate of drug-likeness (QED) is 0.669. The molecule has 1 fully saturated rings. The van der Waals surface area contributed by atoms with Gasteiger partial charge >= 0.3 is 0 Å². The Labute approximate surface area is 161 Å². The number of furan rings is 1. The Bertz CT molecular complexity index is 1010. The molecular formula is C22H19FN2O3. The number of hydrogen-bond acceptors (Lipinski definition) is 3. The summed E-state index contributed by atoms with van der Waals surface area (Å²) in [5, 5.41) is 5.64. The van der Waals surface area contributed by atoms with Crippen LogP contribution in [0.15, 0.2) is 65.1 Å². The largest absolute Gasteiger partial charge is 0.451 e. The number of carbonyl (C=O) groups excluding carboxylic acids is 2. The van der Waals surface area contributed by atoms with Crippen molar-refractivity contribution in [1.29, 1.82) is 0 Å². The van der Waals surface area contributed by atoms with Crippen LogP contribution in [0.25, 0.3) is 11.3 Å². The van der Waals surface area contributed by atoms with Crippen LogP contribution in [-0.4, -0.2) is 11.8 Å². The van der Waals surface area contributed by atoms with Crippen LogP contribution < -0.4 is 10.6 Å². The van der Waals surface area contributed by atoms with Gasteiger partial charge in [0.25, 0.3) is 5.91 Å². The maximum atomic E-state index is 13.8. The monoisotopic (exact) mass is 378 g/mol. The third-order valence-electron chi connectivity index (χ3n) is 4.59. The van der Waals surface area contributed by atoms with Crippen molar-refractivity contribution in [2.75, 3.05) is 5.32 Å². The van der Waals surface area contributed by atoms with Crippen molar-refractivity contribution in [3.63, 3.8) is 0 Å². The third kappa shape index (κ3) is 4.11. The van der Waals surface area contributed by atoms with Gasteiger partial charge in [0.15, 0.2) is 5.76 Å². The zero-order valence-corrected chi connectivity index (χ0v) is 15.1. The van der Waals surface area contributed by atoms with E-state index < -0.39 is 5.82 Å². The smallest absolute Gasteiger partial charge is 0.287 e. The van der Waals surface area contributed by atoms with E-state index >= 15 is 0 Å². The van der Waals surface area contributed by atoms with E-state index in [0.29, 0.717) is 17.9 Å². The van der Waals surface area contributed by atoms with E-state index in [9.17, 15) is 14.0 Å². The Balaban J connectivity index is 1.34. The Morgan fingerprint density at radius 2 is 1.75 bits per heavy atom. The van der Waals surface area contributed by atoms with Crippen molar-refractivity contribution in [2.24, 2.45) is 5.92 Å². The second kappa shape index (κ2) is 7.68. The predicted octanol–water partition coefficient (Wildman–Crippen LogP) is 4.36. The van der Waals surface area contributed by atoms with Crippen LogP contribution in [0, 0.1) is 11.7 Å². The van der Waals surface area contributed by atoms with Crippen LogP contribution in [0.1, 0.15) is 29.0 Å². The Morgan fingerprint density at radius 3 is 2.46 bits per heavy atom. The van der Waals surface area contributed by atoms with Crippen molar-refractivity contribution in [1.82, 2.24) is 5.32 Å². The molecule has 0 radical (unpaired) electrons. The number of carbonyl (C=O) groups is 2. The number of hydrogen-bond donors (Lipinski definition) is 2. The van der Waals surface area contributed by atoms with E-state index in [-0.39, 0.29) is 23.5 Å². The molecule has 2 aromatic carbocycles. The molecule has 1 heterocycles. The molecule has 142 valence electrons. The summed E-state index contributed by atoms with van der Waals surface area (Å²) in [5.74, 6) is -0.150. The highest BCUT2D eigenvalue weighted by Crippen LogP contribution is 2.30. The molecule has 2 amide bonds. The van der Waals surface area contributed by atoms with Crippen LogP contribution in [0.3, 0.4) is 0 Å². The number of rotatable bonds is 6. The van der Waals surface area contributed by atoms with E-state index in [0.717, 1.165) is 24.1 Å². The van der Waals surface area contributed by atoms with Crippen molar-refractivity contribution >= 4 is 17.5 Å². The second-order valence-electron chi connectivity index (χ2n) is 6.79. The summed E-state index contributed by atoms with van der Waals surface area (Å²) < 4.78 is 19.3. The first kappa shape index (κ1) is 18.0. The van der Waals surface area contributed by atoms with Gasteiger partial charge in [0.1, 0.15) is 11.6 Å². The van der Waals surface area contributed by atoms with Gasteiger partial charge in [-0.1, -0.05) is 24.3 Å². The summed E-state index contributed by atoms with van der Waals surface area (Å²) >= 11 is 0. The molecule has 0 aliphatic heterocycles. The Morgan fingerprint density at radius 1 is 1.00 bits per heavy atom. The number of nitrogens with one attached hydrogen (secondary N) is 2. The maximum Gasteiger partial charge on any atom is 0.287 e. The summed E-state index contributed by atoms with van der Waals surface area (Å²) in [5.41, 5.74) is 1.94. The average Bonchev–Trinajstić information content (AvgIpc) is 3.45. The first-order chi connectivity index (χ1) is 13.6. The van der Waals surface area contributed by atoms with Crippen LogP contribution in [0.2, 0.25) is 0 Å². The van der Waals surface area contributed by atoms with Gasteiger partial charge in [-0.15, -0.1) is 0 Å². The molecule has 0 unspecified atom stereocenters. The van der Waals surface area contributed by atoms with Crippen LogP contribution in [0.4, 0.5) is 10.1 Å². The maximum absolute atomic E-state index is 13.8. The summed E-state index contributed by atoms with van der Waals surface area (Å²) in [7, 11) is 0. The molecule has 1 aliphatic carbocycles. The molecular weight excluding hydrogens is 359 g/mol. The van der Waals surface area contributed by atoms with Gasteiger partial charge in [0.05, 0.1) is 5.56 Å². The van der Waals surface area contributed by atoms with Crippen molar-refractivity contribution in [2.45, 2.75) is 19.4 Å². The summed E-state index contributed by atoms with van der Waals surface area (Å²) in [4.78, 5) is 24.0.